The fraction of sp³-hybridized carbons (Fsp3) is 0.682. The highest BCUT2D eigenvalue weighted by Crippen LogP contribution is 2.40. The molecule has 174 valence electrons. The fourth-order valence-electron chi connectivity index (χ4n) is 4.83. The van der Waals surface area contributed by atoms with Crippen molar-refractivity contribution >= 4 is 36.6 Å². The molecular weight excluding hydrogens is 439 g/mol. The first-order valence-corrected chi connectivity index (χ1v) is 10.9. The lowest BCUT2D eigenvalue weighted by molar-refractivity contribution is -0.142. The van der Waals surface area contributed by atoms with Crippen LogP contribution in [0.5, 0.6) is 0 Å². The highest BCUT2D eigenvalue weighted by molar-refractivity contribution is 5.85. The van der Waals surface area contributed by atoms with E-state index in [1.54, 1.807) is 6.20 Å². The van der Waals surface area contributed by atoms with E-state index in [9.17, 15) is 9.59 Å². The minimum absolute atomic E-state index is 0. The molecule has 9 heteroatoms. The summed E-state index contributed by atoms with van der Waals surface area (Å²) in [5.41, 5.74) is 1.20. The van der Waals surface area contributed by atoms with Crippen molar-refractivity contribution in [2.24, 2.45) is 5.41 Å². The van der Waals surface area contributed by atoms with Gasteiger partial charge in [-0.25, -0.2) is 0 Å². The summed E-state index contributed by atoms with van der Waals surface area (Å²) in [6.07, 6.45) is 6.66. The van der Waals surface area contributed by atoms with Gasteiger partial charge in [0.15, 0.2) is 0 Å². The van der Waals surface area contributed by atoms with Gasteiger partial charge in [-0.2, -0.15) is 0 Å². The third-order valence-corrected chi connectivity index (χ3v) is 6.71. The molecule has 3 aliphatic heterocycles. The molecule has 3 fully saturated rings. The zero-order chi connectivity index (χ0) is 20.1. The van der Waals surface area contributed by atoms with Crippen LogP contribution in [0, 0.1) is 5.41 Å². The number of morpholine rings is 1. The number of aromatic nitrogens is 1. The molecule has 1 unspecified atom stereocenters. The van der Waals surface area contributed by atoms with Crippen molar-refractivity contribution in [1.29, 1.82) is 0 Å². The minimum atomic E-state index is 0. The van der Waals surface area contributed by atoms with E-state index in [1.807, 2.05) is 28.0 Å². The van der Waals surface area contributed by atoms with Crippen LogP contribution in [0.3, 0.4) is 0 Å². The maximum absolute atomic E-state index is 12.7. The number of hydrogen-bond acceptors (Lipinski definition) is 5. The van der Waals surface area contributed by atoms with E-state index in [1.165, 1.54) is 0 Å². The monoisotopic (exact) mass is 472 g/mol. The highest BCUT2D eigenvalue weighted by Gasteiger charge is 2.41. The van der Waals surface area contributed by atoms with Crippen LogP contribution in [0.15, 0.2) is 24.4 Å². The SMILES string of the molecule is Cl.Cl.O=C(CC1COCCN1)N1CCC2(CCC(=O)N(CCc3ccccn3)C2)CC1. The van der Waals surface area contributed by atoms with Crippen LogP contribution >= 0.6 is 24.8 Å². The van der Waals surface area contributed by atoms with Crippen LogP contribution in [0.1, 0.15) is 37.8 Å². The van der Waals surface area contributed by atoms with Crippen molar-refractivity contribution in [3.05, 3.63) is 30.1 Å². The highest BCUT2D eigenvalue weighted by atomic mass is 35.5. The van der Waals surface area contributed by atoms with Crippen molar-refractivity contribution in [2.45, 2.75) is 44.6 Å². The molecule has 1 spiro atoms. The van der Waals surface area contributed by atoms with Crippen molar-refractivity contribution < 1.29 is 14.3 Å². The number of nitrogens with zero attached hydrogens (tertiary/aromatic N) is 3. The van der Waals surface area contributed by atoms with Gasteiger partial charge < -0.3 is 19.9 Å². The Morgan fingerprint density at radius 1 is 1.23 bits per heavy atom. The lowest BCUT2D eigenvalue weighted by atomic mass is 9.72. The number of likely N-dealkylation sites (tertiary alicyclic amines) is 2. The predicted molar refractivity (Wildman–Crippen MR) is 124 cm³/mol. The Bertz CT molecular complexity index is 708. The summed E-state index contributed by atoms with van der Waals surface area (Å²) >= 11 is 0. The topological polar surface area (TPSA) is 74.8 Å². The van der Waals surface area contributed by atoms with Gasteiger partial charge in [-0.05, 0) is 36.8 Å². The van der Waals surface area contributed by atoms with Gasteiger partial charge in [-0.3, -0.25) is 14.6 Å². The number of amides is 2. The lowest BCUT2D eigenvalue weighted by Gasteiger charge is -2.47. The van der Waals surface area contributed by atoms with Crippen molar-refractivity contribution in [3.63, 3.8) is 0 Å². The number of carbonyl (C=O) groups excluding carboxylic acids is 2. The van der Waals surface area contributed by atoms with E-state index < -0.39 is 0 Å². The second-order valence-corrected chi connectivity index (χ2v) is 8.70. The third kappa shape index (κ3) is 6.78. The molecule has 1 atom stereocenters. The number of hydrogen-bond donors (Lipinski definition) is 1. The van der Waals surface area contributed by atoms with Crippen LogP contribution in [-0.2, 0) is 20.7 Å². The molecule has 0 aliphatic carbocycles. The van der Waals surface area contributed by atoms with Gasteiger partial charge in [-0.15, -0.1) is 24.8 Å². The molecule has 0 aromatic carbocycles. The van der Waals surface area contributed by atoms with Crippen LogP contribution < -0.4 is 5.32 Å². The second kappa shape index (κ2) is 12.0. The first-order valence-electron chi connectivity index (χ1n) is 10.9. The average Bonchev–Trinajstić information content (AvgIpc) is 2.76. The molecular formula is C22H34Cl2N4O3. The Balaban J connectivity index is 0.00000171. The Kier molecular flexibility index (Phi) is 10.0. The molecule has 7 nitrogen and oxygen atoms in total. The molecule has 3 saturated heterocycles. The zero-order valence-corrected chi connectivity index (χ0v) is 19.6. The summed E-state index contributed by atoms with van der Waals surface area (Å²) in [6, 6.07) is 6.06. The first-order chi connectivity index (χ1) is 14.1. The molecule has 2 amide bonds. The molecule has 1 aromatic heterocycles. The molecule has 1 aromatic rings. The van der Waals surface area contributed by atoms with E-state index in [0.29, 0.717) is 19.4 Å². The quantitative estimate of drug-likeness (QED) is 0.709. The molecule has 4 heterocycles. The van der Waals surface area contributed by atoms with Gasteiger partial charge in [-0.1, -0.05) is 6.07 Å². The smallest absolute Gasteiger partial charge is 0.224 e. The normalized spacial score (nSPS) is 23.1. The number of rotatable bonds is 5. The molecule has 3 aliphatic rings. The van der Waals surface area contributed by atoms with Gasteiger partial charge in [0.1, 0.15) is 0 Å². The molecule has 1 N–H and O–H groups in total. The number of piperidine rings is 2. The second-order valence-electron chi connectivity index (χ2n) is 8.70. The summed E-state index contributed by atoms with van der Waals surface area (Å²) in [6.45, 7) is 5.32. The first kappa shape index (κ1) is 25.8. The number of ether oxygens (including phenoxy) is 1. The van der Waals surface area contributed by atoms with Gasteiger partial charge in [0.2, 0.25) is 11.8 Å². The van der Waals surface area contributed by atoms with Crippen molar-refractivity contribution in [1.82, 2.24) is 20.1 Å². The van der Waals surface area contributed by atoms with Crippen molar-refractivity contribution in [2.75, 3.05) is 45.9 Å². The summed E-state index contributed by atoms with van der Waals surface area (Å²) in [5.74, 6) is 0.482. The van der Waals surface area contributed by atoms with E-state index in [2.05, 4.69) is 10.3 Å². The number of pyridine rings is 1. The van der Waals surface area contributed by atoms with Gasteiger partial charge in [0.25, 0.3) is 0 Å². The van der Waals surface area contributed by atoms with Gasteiger partial charge in [0, 0.05) is 69.9 Å². The predicted octanol–water partition coefficient (Wildman–Crippen LogP) is 2.08. The largest absolute Gasteiger partial charge is 0.378 e. The van der Waals surface area contributed by atoms with E-state index >= 15 is 0 Å². The minimum Gasteiger partial charge on any atom is -0.378 e. The maximum atomic E-state index is 12.7. The Labute approximate surface area is 197 Å². The van der Waals surface area contributed by atoms with E-state index in [0.717, 1.165) is 70.7 Å². The van der Waals surface area contributed by atoms with Crippen LogP contribution in [0.2, 0.25) is 0 Å². The summed E-state index contributed by atoms with van der Waals surface area (Å²) in [5, 5.41) is 3.36. The van der Waals surface area contributed by atoms with E-state index in [-0.39, 0.29) is 48.1 Å². The molecule has 0 saturated carbocycles. The maximum Gasteiger partial charge on any atom is 0.224 e. The van der Waals surface area contributed by atoms with Crippen LogP contribution in [0.4, 0.5) is 0 Å². The molecule has 0 bridgehead atoms. The van der Waals surface area contributed by atoms with Gasteiger partial charge >= 0.3 is 0 Å². The Hall–Kier alpha value is -1.41. The van der Waals surface area contributed by atoms with Crippen molar-refractivity contribution in [3.8, 4) is 0 Å². The molecule has 4 rings (SSSR count). The summed E-state index contributed by atoms with van der Waals surface area (Å²) in [7, 11) is 0. The third-order valence-electron chi connectivity index (χ3n) is 6.71. The Morgan fingerprint density at radius 2 is 2.03 bits per heavy atom. The zero-order valence-electron chi connectivity index (χ0n) is 18.0. The summed E-state index contributed by atoms with van der Waals surface area (Å²) in [4.78, 5) is 33.5. The lowest BCUT2D eigenvalue weighted by Crippen LogP contribution is -2.53. The Morgan fingerprint density at radius 3 is 2.71 bits per heavy atom. The van der Waals surface area contributed by atoms with Crippen LogP contribution in [0.25, 0.3) is 0 Å². The summed E-state index contributed by atoms with van der Waals surface area (Å²) < 4.78 is 5.46. The average molecular weight is 473 g/mol. The molecule has 31 heavy (non-hydrogen) atoms. The standard InChI is InChI=1S/C22H32N4O3.2ClH/c27-20-4-6-22(17-26(20)11-5-18-3-1-2-9-23-18)7-12-25(13-8-22)21(28)15-19-16-29-14-10-24-19;;/h1-3,9,19,24H,4-8,10-17H2;2*1H. The number of carbonyl (C=O) groups is 2. The van der Waals surface area contributed by atoms with Gasteiger partial charge in [0.05, 0.1) is 13.2 Å². The van der Waals surface area contributed by atoms with Crippen LogP contribution in [-0.4, -0.2) is 78.6 Å². The molecule has 0 radical (unpaired) electrons. The fourth-order valence-corrected chi connectivity index (χ4v) is 4.83. The van der Waals surface area contributed by atoms with E-state index in [4.69, 9.17) is 4.74 Å². The number of nitrogens with one attached hydrogen (secondary N) is 1. The number of halogens is 2.